The van der Waals surface area contributed by atoms with Crippen molar-refractivity contribution >= 4 is 34.7 Å². The molecule has 1 saturated carbocycles. The van der Waals surface area contributed by atoms with Gasteiger partial charge in [0.2, 0.25) is 17.5 Å². The second kappa shape index (κ2) is 16.7. The van der Waals surface area contributed by atoms with Crippen LogP contribution in [0.1, 0.15) is 128 Å². The number of carbonyl (C=O) groups excluding carboxylic acids is 3. The fraction of sp³-hybridized carbons (Fsp3) is 0.600. The van der Waals surface area contributed by atoms with E-state index < -0.39 is 12.0 Å². The molecule has 0 spiro atoms. The highest BCUT2D eigenvalue weighted by molar-refractivity contribution is 6.14. The van der Waals surface area contributed by atoms with E-state index >= 15 is 0 Å². The van der Waals surface area contributed by atoms with E-state index in [0.29, 0.717) is 40.9 Å². The topological polar surface area (TPSA) is 102 Å². The second-order valence-corrected chi connectivity index (χ2v) is 14.2. The number of Topliss-reactive ketones (excluding diaryl/α,β-unsaturated/α-hetero) is 1. The summed E-state index contributed by atoms with van der Waals surface area (Å²) in [5.74, 6) is -1.09. The van der Waals surface area contributed by atoms with Gasteiger partial charge in [0.15, 0.2) is 5.78 Å². The van der Waals surface area contributed by atoms with Gasteiger partial charge in [-0.2, -0.15) is 0 Å². The van der Waals surface area contributed by atoms with E-state index in [-0.39, 0.29) is 17.6 Å². The van der Waals surface area contributed by atoms with E-state index in [4.69, 9.17) is 0 Å². The van der Waals surface area contributed by atoms with Gasteiger partial charge in [-0.25, -0.2) is 4.58 Å². The van der Waals surface area contributed by atoms with Crippen molar-refractivity contribution in [1.82, 2.24) is 5.32 Å². The largest absolute Gasteiger partial charge is 0.387 e. The van der Waals surface area contributed by atoms with Gasteiger partial charge < -0.3 is 20.6 Å². The first-order valence-electron chi connectivity index (χ1n) is 18.7. The molecular weight excluding hydrogens is 600 g/mol. The number of rotatable bonds is 14. The van der Waals surface area contributed by atoms with Crippen LogP contribution < -0.4 is 15.5 Å². The van der Waals surface area contributed by atoms with Crippen molar-refractivity contribution in [3.63, 3.8) is 0 Å². The van der Waals surface area contributed by atoms with Crippen molar-refractivity contribution < 1.29 is 24.1 Å². The number of hydrogen-bond acceptors (Lipinski definition) is 5. The molecule has 2 atom stereocenters. The Labute approximate surface area is 287 Å². The summed E-state index contributed by atoms with van der Waals surface area (Å²) in [5.41, 5.74) is 6.96. The summed E-state index contributed by atoms with van der Waals surface area (Å²) >= 11 is 0. The van der Waals surface area contributed by atoms with Gasteiger partial charge >= 0.3 is 0 Å². The zero-order valence-corrected chi connectivity index (χ0v) is 29.8. The van der Waals surface area contributed by atoms with Crippen molar-refractivity contribution in [2.45, 2.75) is 130 Å². The number of nitrogens with zero attached hydrogens (tertiary/aromatic N) is 2. The summed E-state index contributed by atoms with van der Waals surface area (Å²) in [5, 5.41) is 18.1. The lowest BCUT2D eigenvalue weighted by Gasteiger charge is -2.38. The Kier molecular flexibility index (Phi) is 12.5. The number of aliphatic hydroxyl groups is 1. The monoisotopic (exact) mass is 657 g/mol. The summed E-state index contributed by atoms with van der Waals surface area (Å²) < 4.78 is 2.34. The Bertz CT molecular complexity index is 1500. The van der Waals surface area contributed by atoms with Crippen LogP contribution >= 0.6 is 0 Å². The molecule has 2 aliphatic heterocycles. The van der Waals surface area contributed by atoms with Gasteiger partial charge in [0.1, 0.15) is 13.1 Å². The van der Waals surface area contributed by atoms with Gasteiger partial charge in [0.25, 0.3) is 0 Å². The van der Waals surface area contributed by atoms with Crippen LogP contribution in [0, 0.1) is 6.92 Å². The zero-order chi connectivity index (χ0) is 34.2. The van der Waals surface area contributed by atoms with Gasteiger partial charge in [0.05, 0.1) is 17.7 Å². The number of allylic oxidation sites excluding steroid dienone is 3. The molecule has 1 aromatic rings. The average molecular weight is 658 g/mol. The SMILES string of the molecule is CCCCCCC(=O)NC1=CC(=[N+]2CCCC2)C(C)=C/C1=C1/C(=O)C(c2cc(C)c(N3CCCC3)cc2NC(=O)CCCCCC)C1O. The maximum atomic E-state index is 14.2. The Morgan fingerprint density at radius 3 is 2.08 bits per heavy atom. The van der Waals surface area contributed by atoms with Crippen LogP contribution in [0.15, 0.2) is 46.7 Å². The van der Waals surface area contributed by atoms with Crippen molar-refractivity contribution in [2.24, 2.45) is 0 Å². The molecule has 5 rings (SSSR count). The maximum Gasteiger partial charge on any atom is 0.224 e. The molecular formula is C40H57N4O4+. The Hall–Kier alpha value is -3.52. The minimum absolute atomic E-state index is 0.0638. The van der Waals surface area contributed by atoms with Crippen molar-refractivity contribution in [3.8, 4) is 0 Å². The highest BCUT2D eigenvalue weighted by Gasteiger charge is 2.48. The van der Waals surface area contributed by atoms with E-state index in [9.17, 15) is 19.5 Å². The summed E-state index contributed by atoms with van der Waals surface area (Å²) in [6, 6.07) is 4.00. The number of aliphatic hydroxyl groups excluding tert-OH is 1. The third kappa shape index (κ3) is 8.19. The molecule has 260 valence electrons. The Morgan fingerprint density at radius 1 is 0.854 bits per heavy atom. The van der Waals surface area contributed by atoms with Crippen LogP contribution in [0.4, 0.5) is 11.4 Å². The molecule has 1 aromatic carbocycles. The number of nitrogens with one attached hydrogen (secondary N) is 2. The molecule has 0 aromatic heterocycles. The lowest BCUT2D eigenvalue weighted by atomic mass is 9.68. The maximum absolute atomic E-state index is 14.2. The van der Waals surface area contributed by atoms with Crippen LogP contribution in [0.25, 0.3) is 0 Å². The molecule has 8 nitrogen and oxygen atoms in total. The first kappa shape index (κ1) is 35.8. The van der Waals surface area contributed by atoms with Gasteiger partial charge in [-0.05, 0) is 62.8 Å². The molecule has 3 N–H and O–H groups in total. The third-order valence-corrected chi connectivity index (χ3v) is 10.4. The minimum Gasteiger partial charge on any atom is -0.387 e. The predicted molar refractivity (Wildman–Crippen MR) is 194 cm³/mol. The average Bonchev–Trinajstić information content (AvgIpc) is 3.80. The van der Waals surface area contributed by atoms with Gasteiger partial charge in [-0.1, -0.05) is 58.4 Å². The Morgan fingerprint density at radius 2 is 1.48 bits per heavy atom. The summed E-state index contributed by atoms with van der Waals surface area (Å²) in [7, 11) is 0. The third-order valence-electron chi connectivity index (χ3n) is 10.4. The van der Waals surface area contributed by atoms with Gasteiger partial charge in [-0.15, -0.1) is 0 Å². The van der Waals surface area contributed by atoms with Crippen molar-refractivity contribution in [1.29, 1.82) is 0 Å². The van der Waals surface area contributed by atoms with E-state index in [1.54, 1.807) is 0 Å². The number of carbonyl (C=O) groups is 3. The number of anilines is 2. The molecule has 48 heavy (non-hydrogen) atoms. The molecule has 3 fully saturated rings. The fourth-order valence-electron chi connectivity index (χ4n) is 7.69. The molecule has 2 unspecified atom stereocenters. The lowest BCUT2D eigenvalue weighted by molar-refractivity contribution is -0.504. The van der Waals surface area contributed by atoms with E-state index in [0.717, 1.165) is 126 Å². The molecule has 2 amide bonds. The number of hydrogen-bond donors (Lipinski definition) is 3. The standard InChI is InChI=1S/C40H56N4O4/c1-5-7-9-11-17-35(45)41-31-25-33(43-19-13-14-20-43)27(3)23-29(31)37-39(47)38(40(37)48)30-24-28(4)34(44-21-15-16-22-44)26-32(30)42-36(46)18-12-10-8-6-2/h23-26,37,39,47H,5-22H2,1-4H3,(H,41,45)/p+1/b38-30-. The van der Waals surface area contributed by atoms with Gasteiger partial charge in [-0.3, -0.25) is 14.4 Å². The van der Waals surface area contributed by atoms with E-state index in [2.05, 4.69) is 34.0 Å². The number of aryl methyl sites for hydroxylation is 1. The minimum atomic E-state index is -1.06. The summed E-state index contributed by atoms with van der Waals surface area (Å²) in [6.45, 7) is 12.2. The predicted octanol–water partition coefficient (Wildman–Crippen LogP) is 7.01. The van der Waals surface area contributed by atoms with Gasteiger partial charge in [0, 0.05) is 72.9 Å². The highest BCUT2D eigenvalue weighted by Crippen LogP contribution is 2.46. The normalized spacial score (nSPS) is 22.5. The zero-order valence-electron chi connectivity index (χ0n) is 29.8. The van der Waals surface area contributed by atoms with Crippen LogP contribution in [-0.4, -0.2) is 65.3 Å². The first-order valence-corrected chi connectivity index (χ1v) is 18.7. The molecule has 4 aliphatic rings. The van der Waals surface area contributed by atoms with Crippen LogP contribution in [0.5, 0.6) is 0 Å². The molecule has 2 aliphatic carbocycles. The smallest absolute Gasteiger partial charge is 0.224 e. The van der Waals surface area contributed by atoms with Crippen molar-refractivity contribution in [3.05, 3.63) is 57.8 Å². The summed E-state index contributed by atoms with van der Waals surface area (Å²) in [4.78, 5) is 42.8. The van der Waals surface area contributed by atoms with Crippen LogP contribution in [0.3, 0.4) is 0 Å². The van der Waals surface area contributed by atoms with E-state index in [1.807, 2.05) is 38.1 Å². The number of unbranched alkanes of at least 4 members (excludes halogenated alkanes) is 6. The molecule has 2 heterocycles. The number of benzene rings is 1. The van der Waals surface area contributed by atoms with Crippen molar-refractivity contribution in [2.75, 3.05) is 36.4 Å². The molecule has 2 saturated heterocycles. The lowest BCUT2D eigenvalue weighted by Crippen LogP contribution is -2.45. The fourth-order valence-corrected chi connectivity index (χ4v) is 7.69. The first-order chi connectivity index (χ1) is 23.2. The highest BCUT2D eigenvalue weighted by atomic mass is 16.3. The number of amides is 2. The summed E-state index contributed by atoms with van der Waals surface area (Å²) in [6.07, 6.45) is 16.3. The Balaban J connectivity index is 1.46. The van der Waals surface area contributed by atoms with E-state index in [1.165, 1.54) is 0 Å². The second-order valence-electron chi connectivity index (χ2n) is 14.2. The molecule has 0 radical (unpaired) electrons. The quantitative estimate of drug-likeness (QED) is 0.114. The van der Waals surface area contributed by atoms with Crippen LogP contribution in [-0.2, 0) is 14.4 Å². The molecule has 0 bridgehead atoms. The molecule has 8 heteroatoms. The van der Waals surface area contributed by atoms with Crippen LogP contribution in [0.2, 0.25) is 0 Å². The number of ketones is 1.